The van der Waals surface area contributed by atoms with Crippen molar-refractivity contribution < 1.29 is 32.9 Å². The zero-order valence-corrected chi connectivity index (χ0v) is 25.5. The SMILES string of the molecule is CC(C)(C)OC(=O)N1CCCC(COc2ccc3c(c2)OCO3)C1.Cc1ccccc1F.O=CNCCc1ccccc1. The Morgan fingerprint density at radius 3 is 2.44 bits per heavy atom. The highest BCUT2D eigenvalue weighted by Crippen LogP contribution is 2.35. The first-order valence-corrected chi connectivity index (χ1v) is 14.6. The third-order valence-corrected chi connectivity index (χ3v) is 6.56. The minimum absolute atomic E-state index is 0.132. The van der Waals surface area contributed by atoms with Gasteiger partial charge >= 0.3 is 6.09 Å². The number of carbonyl (C=O) groups is 2. The zero-order valence-electron chi connectivity index (χ0n) is 25.5. The van der Waals surface area contributed by atoms with E-state index in [-0.39, 0.29) is 18.7 Å². The summed E-state index contributed by atoms with van der Waals surface area (Å²) in [6.45, 7) is 10.3. The van der Waals surface area contributed by atoms with Gasteiger partial charge in [-0.15, -0.1) is 0 Å². The van der Waals surface area contributed by atoms with Crippen LogP contribution < -0.4 is 19.5 Å². The van der Waals surface area contributed by atoms with Crippen molar-refractivity contribution in [3.8, 4) is 17.2 Å². The number of benzene rings is 3. The van der Waals surface area contributed by atoms with E-state index in [9.17, 15) is 14.0 Å². The summed E-state index contributed by atoms with van der Waals surface area (Å²) in [5, 5.41) is 2.62. The van der Waals surface area contributed by atoms with Gasteiger partial charge in [-0.05, 0) is 76.3 Å². The Morgan fingerprint density at radius 2 is 1.77 bits per heavy atom. The lowest BCUT2D eigenvalue weighted by atomic mass is 9.99. The maximum atomic E-state index is 12.3. The average molecular weight is 595 g/mol. The number of hydrogen-bond acceptors (Lipinski definition) is 6. The molecule has 0 aliphatic carbocycles. The van der Waals surface area contributed by atoms with Gasteiger partial charge in [-0.25, -0.2) is 9.18 Å². The van der Waals surface area contributed by atoms with Gasteiger partial charge in [-0.1, -0.05) is 48.5 Å². The Morgan fingerprint density at radius 1 is 1.05 bits per heavy atom. The van der Waals surface area contributed by atoms with Crippen LogP contribution in [0.2, 0.25) is 0 Å². The van der Waals surface area contributed by atoms with E-state index in [1.807, 2.05) is 75.4 Å². The largest absolute Gasteiger partial charge is 0.493 e. The highest BCUT2D eigenvalue weighted by atomic mass is 19.1. The molecule has 0 spiro atoms. The molecule has 0 aromatic heterocycles. The lowest BCUT2D eigenvalue weighted by molar-refractivity contribution is -0.109. The summed E-state index contributed by atoms with van der Waals surface area (Å²) in [6.07, 6.45) is 3.40. The lowest BCUT2D eigenvalue weighted by Gasteiger charge is -2.34. The first-order chi connectivity index (χ1) is 20.6. The first kappa shape index (κ1) is 33.2. The molecule has 3 aromatic rings. The summed E-state index contributed by atoms with van der Waals surface area (Å²) in [6, 6.07) is 22.3. The molecule has 5 rings (SSSR count). The van der Waals surface area contributed by atoms with E-state index >= 15 is 0 Å². The highest BCUT2D eigenvalue weighted by Gasteiger charge is 2.28. The Bertz CT molecular complexity index is 1260. The fraction of sp³-hybridized carbons (Fsp3) is 0.412. The van der Waals surface area contributed by atoms with Crippen LogP contribution in [0.5, 0.6) is 17.2 Å². The van der Waals surface area contributed by atoms with Crippen molar-refractivity contribution in [2.45, 2.75) is 52.6 Å². The molecule has 0 bridgehead atoms. The summed E-state index contributed by atoms with van der Waals surface area (Å²) in [5.41, 5.74) is 1.49. The highest BCUT2D eigenvalue weighted by molar-refractivity contribution is 5.68. The maximum Gasteiger partial charge on any atom is 0.410 e. The number of ether oxygens (including phenoxy) is 4. The number of rotatable bonds is 7. The van der Waals surface area contributed by atoms with Gasteiger partial charge in [0.15, 0.2) is 11.5 Å². The molecule has 1 fully saturated rings. The Labute approximate surface area is 254 Å². The Hall–Kier alpha value is -4.27. The van der Waals surface area contributed by atoms with Crippen molar-refractivity contribution in [2.24, 2.45) is 5.92 Å². The molecule has 0 saturated carbocycles. The molecule has 2 aliphatic heterocycles. The minimum atomic E-state index is -0.465. The van der Waals surface area contributed by atoms with Crippen LogP contribution in [-0.2, 0) is 16.0 Å². The average Bonchev–Trinajstić information content (AvgIpc) is 3.47. The monoisotopic (exact) mass is 594 g/mol. The zero-order chi connectivity index (χ0) is 31.1. The van der Waals surface area contributed by atoms with E-state index < -0.39 is 5.60 Å². The Kier molecular flexibility index (Phi) is 13.1. The second-order valence-electron chi connectivity index (χ2n) is 11.3. The molecule has 8 nitrogen and oxygen atoms in total. The molecule has 232 valence electrons. The van der Waals surface area contributed by atoms with Crippen LogP contribution in [0.4, 0.5) is 9.18 Å². The van der Waals surface area contributed by atoms with Gasteiger partial charge in [0.2, 0.25) is 13.2 Å². The number of amides is 2. The predicted molar refractivity (Wildman–Crippen MR) is 164 cm³/mol. The van der Waals surface area contributed by atoms with Crippen LogP contribution in [0, 0.1) is 18.7 Å². The third-order valence-electron chi connectivity index (χ3n) is 6.56. The van der Waals surface area contributed by atoms with E-state index in [1.165, 1.54) is 11.6 Å². The van der Waals surface area contributed by atoms with Crippen LogP contribution in [-0.4, -0.2) is 56.0 Å². The maximum absolute atomic E-state index is 12.3. The Balaban J connectivity index is 0.000000218. The van der Waals surface area contributed by atoms with E-state index in [1.54, 1.807) is 24.0 Å². The van der Waals surface area contributed by atoms with Gasteiger partial charge in [0.05, 0.1) is 6.61 Å². The standard InChI is InChI=1S/C18H25NO5.C9H11NO.C7H7F/c1-18(2,3)24-17(20)19-8-4-5-13(10-19)11-21-14-6-7-15-16(9-14)23-12-22-15;11-8-10-7-6-9-4-2-1-3-5-9;1-6-4-2-3-5-7(6)8/h6-7,9,13H,4-5,8,10-12H2,1-3H3;1-5,8H,6-7H2,(H,10,11);2-5H,1H3. The number of aryl methyl sites for hydroxylation is 1. The summed E-state index contributed by atoms with van der Waals surface area (Å²) in [5.74, 6) is 2.39. The molecule has 1 saturated heterocycles. The molecule has 2 aliphatic rings. The molecule has 1 atom stereocenters. The van der Waals surface area contributed by atoms with Crippen molar-refractivity contribution in [2.75, 3.05) is 33.0 Å². The van der Waals surface area contributed by atoms with Gasteiger partial charge in [-0.2, -0.15) is 0 Å². The van der Waals surface area contributed by atoms with Gasteiger partial charge in [-0.3, -0.25) is 4.79 Å². The molecule has 9 heteroatoms. The van der Waals surface area contributed by atoms with E-state index in [2.05, 4.69) is 5.32 Å². The number of fused-ring (bicyclic) bond motifs is 1. The summed E-state index contributed by atoms with van der Waals surface area (Å²) in [4.78, 5) is 23.9. The smallest absolute Gasteiger partial charge is 0.410 e. The first-order valence-electron chi connectivity index (χ1n) is 14.6. The van der Waals surface area contributed by atoms with Gasteiger partial charge < -0.3 is 29.2 Å². The number of nitrogens with one attached hydrogen (secondary N) is 1. The van der Waals surface area contributed by atoms with Crippen LogP contribution >= 0.6 is 0 Å². The van der Waals surface area contributed by atoms with Crippen LogP contribution in [0.25, 0.3) is 0 Å². The van der Waals surface area contributed by atoms with Crippen molar-refractivity contribution in [3.63, 3.8) is 0 Å². The number of piperidine rings is 1. The second kappa shape index (κ2) is 17.0. The van der Waals surface area contributed by atoms with Crippen LogP contribution in [0.3, 0.4) is 0 Å². The number of likely N-dealkylation sites (tertiary alicyclic amines) is 1. The minimum Gasteiger partial charge on any atom is -0.493 e. The number of hydrogen-bond donors (Lipinski definition) is 1. The summed E-state index contributed by atoms with van der Waals surface area (Å²) >= 11 is 0. The quantitative estimate of drug-likeness (QED) is 0.247. The van der Waals surface area contributed by atoms with Crippen molar-refractivity contribution in [3.05, 3.63) is 89.7 Å². The second-order valence-corrected chi connectivity index (χ2v) is 11.3. The van der Waals surface area contributed by atoms with Crippen LogP contribution in [0.15, 0.2) is 72.8 Å². The van der Waals surface area contributed by atoms with Crippen molar-refractivity contribution >= 4 is 12.5 Å². The van der Waals surface area contributed by atoms with Gasteiger partial charge in [0.25, 0.3) is 0 Å². The van der Waals surface area contributed by atoms with E-state index in [0.29, 0.717) is 36.9 Å². The third kappa shape index (κ3) is 12.2. The van der Waals surface area contributed by atoms with Gasteiger partial charge in [0, 0.05) is 31.6 Å². The van der Waals surface area contributed by atoms with Crippen molar-refractivity contribution in [1.82, 2.24) is 10.2 Å². The van der Waals surface area contributed by atoms with E-state index in [4.69, 9.17) is 18.9 Å². The lowest BCUT2D eigenvalue weighted by Crippen LogP contribution is -2.44. The molecule has 43 heavy (non-hydrogen) atoms. The summed E-state index contributed by atoms with van der Waals surface area (Å²) < 4.78 is 34.3. The molecule has 2 heterocycles. The van der Waals surface area contributed by atoms with Crippen LogP contribution in [0.1, 0.15) is 44.7 Å². The molecule has 1 unspecified atom stereocenters. The topological polar surface area (TPSA) is 86.3 Å². The molecular formula is C34H43FN2O6. The number of halogens is 1. The van der Waals surface area contributed by atoms with Crippen molar-refractivity contribution in [1.29, 1.82) is 0 Å². The molecule has 3 aromatic carbocycles. The van der Waals surface area contributed by atoms with E-state index in [0.717, 1.165) is 43.7 Å². The molecule has 2 amide bonds. The molecule has 1 N–H and O–H groups in total. The molecular weight excluding hydrogens is 551 g/mol. The summed E-state index contributed by atoms with van der Waals surface area (Å²) in [7, 11) is 0. The normalized spacial score (nSPS) is 15.2. The number of nitrogens with zero attached hydrogens (tertiary/aromatic N) is 1. The molecule has 0 radical (unpaired) electrons. The fourth-order valence-corrected chi connectivity index (χ4v) is 4.35. The fourth-order valence-electron chi connectivity index (χ4n) is 4.35. The number of carbonyl (C=O) groups excluding carboxylic acids is 2. The predicted octanol–water partition coefficient (Wildman–Crippen LogP) is 6.55. The van der Waals surface area contributed by atoms with Gasteiger partial charge in [0.1, 0.15) is 17.2 Å².